The van der Waals surface area contributed by atoms with Crippen molar-refractivity contribution < 1.29 is 51.0 Å². The van der Waals surface area contributed by atoms with Crippen LogP contribution in [0.1, 0.15) is 50.7 Å². The van der Waals surface area contributed by atoms with Crippen LogP contribution in [0.25, 0.3) is 12.2 Å². The van der Waals surface area contributed by atoms with Gasteiger partial charge in [0, 0.05) is 12.2 Å². The maximum Gasteiger partial charge on any atom is 0.328 e. The highest BCUT2D eigenvalue weighted by Crippen LogP contribution is 2.24. The minimum absolute atomic E-state index is 0.206. The minimum Gasteiger partial charge on any atom is -0.870 e. The second-order valence-electron chi connectivity index (χ2n) is 7.58. The van der Waals surface area contributed by atoms with Crippen LogP contribution in [-0.4, -0.2) is 49.5 Å². The lowest BCUT2D eigenvalue weighted by atomic mass is 10.2. The smallest absolute Gasteiger partial charge is 0.328 e. The van der Waals surface area contributed by atoms with Crippen LogP contribution in [0.4, 0.5) is 0 Å². The zero-order valence-electron chi connectivity index (χ0n) is 22.8. The fourth-order valence-electron chi connectivity index (χ4n) is 2.41. The standard InChI is InChI=1S/2C10H10O4.2C4H11N/c2*1-14-9-6-7(2-4-8(9)11)3-5-10(12)13;2*1-2-3-4-5/h2*2-6,11H,1H3,(H,12,13);2*2-5H2,1H3/b2*5-3+;;. The molecule has 0 atom stereocenters. The van der Waals surface area contributed by atoms with Crippen molar-refractivity contribution in [2.45, 2.75) is 39.5 Å². The van der Waals surface area contributed by atoms with E-state index in [0.29, 0.717) is 11.1 Å². The summed E-state index contributed by atoms with van der Waals surface area (Å²) in [5.74, 6) is -2.10. The van der Waals surface area contributed by atoms with Crippen molar-refractivity contribution >= 4 is 24.1 Å². The number of hydrogen-bond donors (Lipinski definition) is 4. The van der Waals surface area contributed by atoms with Crippen LogP contribution in [-0.2, 0) is 9.59 Å². The molecule has 212 valence electrons. The topological polar surface area (TPSA) is 194 Å². The molecule has 0 spiro atoms. The van der Waals surface area contributed by atoms with Crippen molar-refractivity contribution in [3.63, 3.8) is 0 Å². The second kappa shape index (κ2) is 23.4. The molecular weight excluding hydrogens is 492 g/mol. The van der Waals surface area contributed by atoms with Crippen molar-refractivity contribution in [3.05, 3.63) is 59.7 Å². The lowest BCUT2D eigenvalue weighted by Gasteiger charge is -2.11. The first-order valence-electron chi connectivity index (χ1n) is 12.2. The number of unbranched alkanes of at least 4 members (excludes halogenated alkanes) is 2. The summed E-state index contributed by atoms with van der Waals surface area (Å²) in [5.41, 5.74) is 8.58. The Balaban J connectivity index is 0. The van der Waals surface area contributed by atoms with Gasteiger partial charge in [0.25, 0.3) is 0 Å². The molecule has 0 unspecified atom stereocenters. The highest BCUT2D eigenvalue weighted by molar-refractivity contribution is 5.85. The number of ether oxygens (including phenoxy) is 2. The molecular formula is C28H42N2O8. The predicted molar refractivity (Wildman–Crippen MR) is 144 cm³/mol. The molecule has 10 nitrogen and oxygen atoms in total. The lowest BCUT2D eigenvalue weighted by Crippen LogP contribution is -2.49. The predicted octanol–water partition coefficient (Wildman–Crippen LogP) is 1.79. The van der Waals surface area contributed by atoms with Crippen molar-refractivity contribution in [2.24, 2.45) is 0 Å². The van der Waals surface area contributed by atoms with Crippen LogP contribution in [0.5, 0.6) is 23.0 Å². The maximum atomic E-state index is 11.1. The van der Waals surface area contributed by atoms with Gasteiger partial charge in [-0.3, -0.25) is 0 Å². The van der Waals surface area contributed by atoms with Gasteiger partial charge in [-0.1, -0.05) is 62.5 Å². The van der Waals surface area contributed by atoms with Gasteiger partial charge in [-0.15, -0.1) is 0 Å². The Labute approximate surface area is 224 Å². The fraction of sp³-hybridized carbons (Fsp3) is 0.357. The maximum absolute atomic E-state index is 11.1. The van der Waals surface area contributed by atoms with E-state index in [4.69, 9.17) is 19.7 Å². The molecule has 38 heavy (non-hydrogen) atoms. The van der Waals surface area contributed by atoms with Gasteiger partial charge in [0.2, 0.25) is 0 Å². The fourth-order valence-corrected chi connectivity index (χ4v) is 2.41. The Kier molecular flexibility index (Phi) is 22.2. The number of aliphatic carboxylic acids is 2. The largest absolute Gasteiger partial charge is 0.870 e. The summed E-state index contributed by atoms with van der Waals surface area (Å²) in [4.78, 5) is 20.4. The first kappa shape index (κ1) is 36.1. The molecule has 0 radical (unpaired) electrons. The summed E-state index contributed by atoms with van der Waals surface area (Å²) < 4.78 is 9.60. The number of carboxylic acids is 2. The molecule has 0 bridgehead atoms. The third-order valence-electron chi connectivity index (χ3n) is 4.42. The second-order valence-corrected chi connectivity index (χ2v) is 7.58. The number of hydrogen-bond acceptors (Lipinski definition) is 6. The van der Waals surface area contributed by atoms with Crippen molar-refractivity contribution in [1.29, 1.82) is 0 Å². The number of carboxylic acid groups (broad SMARTS) is 2. The van der Waals surface area contributed by atoms with E-state index < -0.39 is 11.9 Å². The summed E-state index contributed by atoms with van der Waals surface area (Å²) >= 11 is 0. The van der Waals surface area contributed by atoms with E-state index in [2.05, 4.69) is 25.3 Å². The summed E-state index contributed by atoms with van der Waals surface area (Å²) in [6.07, 6.45) is 9.90. The highest BCUT2D eigenvalue weighted by atomic mass is 16.5. The molecule has 0 aliphatic carbocycles. The quantitative estimate of drug-likeness (QED) is 0.331. The number of rotatable bonds is 10. The van der Waals surface area contributed by atoms with Gasteiger partial charge in [0.15, 0.2) is 0 Å². The Morgan fingerprint density at radius 1 is 0.763 bits per heavy atom. The Morgan fingerprint density at radius 2 is 1.11 bits per heavy atom. The molecule has 0 fully saturated rings. The van der Waals surface area contributed by atoms with Gasteiger partial charge in [-0.05, 0) is 48.3 Å². The molecule has 2 rings (SSSR count). The first-order chi connectivity index (χ1) is 18.1. The number of methoxy groups -OCH3 is 2. The number of carbonyl (C=O) groups is 2. The van der Waals surface area contributed by atoms with Gasteiger partial charge in [-0.2, -0.15) is 0 Å². The third kappa shape index (κ3) is 19.2. The normalized spacial score (nSPS) is 9.84. The van der Waals surface area contributed by atoms with E-state index in [9.17, 15) is 19.8 Å². The van der Waals surface area contributed by atoms with Crippen molar-refractivity contribution in [1.82, 2.24) is 0 Å². The Morgan fingerprint density at radius 3 is 1.32 bits per heavy atom. The Hall–Kier alpha value is -4.02. The van der Waals surface area contributed by atoms with Crippen LogP contribution in [0, 0.1) is 0 Å². The molecule has 0 aromatic heterocycles. The first-order valence-corrected chi connectivity index (χ1v) is 12.2. The number of quaternary nitrogens is 2. The van der Waals surface area contributed by atoms with E-state index >= 15 is 0 Å². The monoisotopic (exact) mass is 534 g/mol. The summed E-state index contributed by atoms with van der Waals surface area (Å²) in [6, 6.07) is 8.71. The zero-order chi connectivity index (χ0) is 29.3. The molecule has 0 amide bonds. The van der Waals surface area contributed by atoms with Gasteiger partial charge >= 0.3 is 11.9 Å². The van der Waals surface area contributed by atoms with E-state index in [1.807, 2.05) is 0 Å². The molecule has 2 aromatic carbocycles. The third-order valence-corrected chi connectivity index (χ3v) is 4.42. The highest BCUT2D eigenvalue weighted by Gasteiger charge is 1.96. The summed E-state index contributed by atoms with van der Waals surface area (Å²) in [5, 5.41) is 38.9. The summed E-state index contributed by atoms with van der Waals surface area (Å²) in [6.45, 7) is 6.53. The van der Waals surface area contributed by atoms with Crippen LogP contribution in [0.3, 0.4) is 0 Å². The zero-order valence-corrected chi connectivity index (χ0v) is 22.8. The van der Waals surface area contributed by atoms with Gasteiger partial charge in [-0.25, -0.2) is 9.59 Å². The van der Waals surface area contributed by atoms with Gasteiger partial charge in [0.1, 0.15) is 11.5 Å². The molecule has 10 heteroatoms. The Bertz CT molecular complexity index is 907. The van der Waals surface area contributed by atoms with E-state index in [-0.39, 0.29) is 23.0 Å². The van der Waals surface area contributed by atoms with E-state index in [0.717, 1.165) is 25.2 Å². The van der Waals surface area contributed by atoms with E-state index in [1.165, 1.54) is 88.5 Å². The van der Waals surface area contributed by atoms with Crippen molar-refractivity contribution in [2.75, 3.05) is 27.3 Å². The lowest BCUT2D eigenvalue weighted by molar-refractivity contribution is -0.368. The van der Waals surface area contributed by atoms with Crippen LogP contribution >= 0.6 is 0 Å². The SMILES string of the molecule is CCCC[NH3+].CCCC[NH3+].COc1cc(/C=C/C(=O)O)ccc1[O-].COc1cc(/C=C/C(=O)O)ccc1[O-]. The average Bonchev–Trinajstić information content (AvgIpc) is 2.89. The van der Waals surface area contributed by atoms with Crippen LogP contribution in [0.2, 0.25) is 0 Å². The minimum atomic E-state index is -1.03. The van der Waals surface area contributed by atoms with Crippen LogP contribution < -0.4 is 31.2 Å². The molecule has 0 aliphatic rings. The molecule has 0 saturated carbocycles. The van der Waals surface area contributed by atoms with Crippen LogP contribution in [0.15, 0.2) is 48.6 Å². The summed E-state index contributed by atoms with van der Waals surface area (Å²) in [7, 11) is 2.78. The van der Waals surface area contributed by atoms with Crippen molar-refractivity contribution in [3.8, 4) is 23.0 Å². The van der Waals surface area contributed by atoms with Gasteiger partial charge in [0.05, 0.1) is 27.3 Å². The average molecular weight is 535 g/mol. The molecule has 0 heterocycles. The molecule has 0 aliphatic heterocycles. The molecule has 2 aromatic rings. The number of benzene rings is 2. The van der Waals surface area contributed by atoms with E-state index in [1.54, 1.807) is 0 Å². The molecule has 8 N–H and O–H groups in total. The molecule has 0 saturated heterocycles. The van der Waals surface area contributed by atoms with Gasteiger partial charge < -0.3 is 41.4 Å².